The zero-order valence-electron chi connectivity index (χ0n) is 27.8. The summed E-state index contributed by atoms with van der Waals surface area (Å²) in [5.41, 5.74) is 8.19. The number of aromatic nitrogens is 3. The van der Waals surface area contributed by atoms with Gasteiger partial charge in [-0.25, -0.2) is 15.0 Å². The fourth-order valence-corrected chi connectivity index (χ4v) is 6.89. The molecular formula is C45H29N5O2. The van der Waals surface area contributed by atoms with E-state index in [9.17, 15) is 0 Å². The van der Waals surface area contributed by atoms with Gasteiger partial charge in [0.25, 0.3) is 0 Å². The van der Waals surface area contributed by atoms with Crippen molar-refractivity contribution in [2.45, 2.75) is 0 Å². The van der Waals surface area contributed by atoms with Crippen LogP contribution < -0.4 is 19.3 Å². The Morgan fingerprint density at radius 1 is 0.308 bits per heavy atom. The van der Waals surface area contributed by atoms with Crippen LogP contribution in [0.1, 0.15) is 0 Å². The summed E-state index contributed by atoms with van der Waals surface area (Å²) < 4.78 is 12.8. The number of anilines is 6. The van der Waals surface area contributed by atoms with Crippen LogP contribution in [0.25, 0.3) is 34.2 Å². The van der Waals surface area contributed by atoms with Crippen LogP contribution in [0, 0.1) is 0 Å². The normalized spacial score (nSPS) is 12.5. The quantitative estimate of drug-likeness (QED) is 0.180. The number of hydrogen-bond donors (Lipinski definition) is 0. The van der Waals surface area contributed by atoms with Crippen molar-refractivity contribution in [1.82, 2.24) is 15.0 Å². The molecule has 52 heavy (non-hydrogen) atoms. The van der Waals surface area contributed by atoms with Crippen molar-refractivity contribution in [3.8, 4) is 57.2 Å². The molecule has 0 atom stereocenters. The summed E-state index contributed by atoms with van der Waals surface area (Å²) in [5, 5.41) is 0. The van der Waals surface area contributed by atoms with Gasteiger partial charge in [0, 0.05) is 28.1 Å². The van der Waals surface area contributed by atoms with Crippen molar-refractivity contribution in [3.63, 3.8) is 0 Å². The second kappa shape index (κ2) is 12.3. The van der Waals surface area contributed by atoms with E-state index < -0.39 is 0 Å². The number of benzene rings is 7. The SMILES string of the molecule is c1ccc(-c2nc(-c3ccccc3)nc(-c3cc(N4c5ccccc5Oc5ccccc54)cc(N4c5ccccc5Oc5ccccc54)c3)n2)cc1. The Balaban J connectivity index is 1.26. The lowest BCUT2D eigenvalue weighted by molar-refractivity contribution is 0.477. The van der Waals surface area contributed by atoms with Crippen LogP contribution in [-0.4, -0.2) is 15.0 Å². The van der Waals surface area contributed by atoms with Crippen LogP contribution in [0.2, 0.25) is 0 Å². The van der Waals surface area contributed by atoms with E-state index in [2.05, 4.69) is 52.3 Å². The molecule has 0 saturated carbocycles. The van der Waals surface area contributed by atoms with Gasteiger partial charge in [-0.1, -0.05) is 109 Å². The Labute approximate surface area is 300 Å². The molecule has 8 aromatic rings. The number of nitrogens with zero attached hydrogens (tertiary/aromatic N) is 5. The average Bonchev–Trinajstić information content (AvgIpc) is 3.22. The molecule has 0 bridgehead atoms. The lowest BCUT2D eigenvalue weighted by Crippen LogP contribution is -2.18. The highest BCUT2D eigenvalue weighted by Gasteiger charge is 2.30. The van der Waals surface area contributed by atoms with Gasteiger partial charge in [0.05, 0.1) is 22.7 Å². The predicted octanol–water partition coefficient (Wildman–Crippen LogP) is 12.0. The van der Waals surface area contributed by atoms with E-state index in [4.69, 9.17) is 24.4 Å². The van der Waals surface area contributed by atoms with Crippen LogP contribution in [-0.2, 0) is 0 Å². The lowest BCUT2D eigenvalue weighted by Gasteiger charge is -2.35. The lowest BCUT2D eigenvalue weighted by atomic mass is 10.0. The highest BCUT2D eigenvalue weighted by atomic mass is 16.5. The zero-order valence-corrected chi connectivity index (χ0v) is 27.8. The molecule has 7 heteroatoms. The van der Waals surface area contributed by atoms with Gasteiger partial charge in [-0.2, -0.15) is 0 Å². The summed E-state index contributed by atoms with van der Waals surface area (Å²) in [7, 11) is 0. The first-order chi connectivity index (χ1) is 25.8. The van der Waals surface area contributed by atoms with E-state index in [1.807, 2.05) is 133 Å². The summed E-state index contributed by atoms with van der Waals surface area (Å²) in [6.07, 6.45) is 0. The zero-order chi connectivity index (χ0) is 34.4. The third-order valence-corrected chi connectivity index (χ3v) is 9.24. The second-order valence-corrected chi connectivity index (χ2v) is 12.5. The van der Waals surface area contributed by atoms with Crippen molar-refractivity contribution < 1.29 is 9.47 Å². The number of rotatable bonds is 5. The van der Waals surface area contributed by atoms with Crippen molar-refractivity contribution in [3.05, 3.63) is 176 Å². The Morgan fingerprint density at radius 2 is 0.615 bits per heavy atom. The molecule has 0 aliphatic carbocycles. The molecule has 10 rings (SSSR count). The Hall–Kier alpha value is -7.25. The highest BCUT2D eigenvalue weighted by molar-refractivity contribution is 5.93. The molecule has 0 unspecified atom stereocenters. The number of para-hydroxylation sites is 8. The maximum atomic E-state index is 6.41. The molecule has 0 spiro atoms. The molecule has 0 radical (unpaired) electrons. The van der Waals surface area contributed by atoms with Gasteiger partial charge < -0.3 is 19.3 Å². The smallest absolute Gasteiger partial charge is 0.164 e. The molecule has 0 fully saturated rings. The largest absolute Gasteiger partial charge is 0.453 e. The van der Waals surface area contributed by atoms with Crippen LogP contribution in [0.3, 0.4) is 0 Å². The van der Waals surface area contributed by atoms with E-state index in [0.717, 1.165) is 73.8 Å². The summed E-state index contributed by atoms with van der Waals surface area (Å²) in [6.45, 7) is 0. The van der Waals surface area contributed by atoms with E-state index in [1.165, 1.54) is 0 Å². The third kappa shape index (κ3) is 5.11. The van der Waals surface area contributed by atoms with Gasteiger partial charge in [0.2, 0.25) is 0 Å². The van der Waals surface area contributed by atoms with E-state index in [-0.39, 0.29) is 0 Å². The van der Waals surface area contributed by atoms with Crippen molar-refractivity contribution >= 4 is 34.1 Å². The molecule has 246 valence electrons. The molecular weight excluding hydrogens is 643 g/mol. The monoisotopic (exact) mass is 671 g/mol. The maximum Gasteiger partial charge on any atom is 0.164 e. The number of ether oxygens (including phenoxy) is 2. The number of hydrogen-bond acceptors (Lipinski definition) is 7. The Bertz CT molecular complexity index is 2350. The van der Waals surface area contributed by atoms with E-state index in [1.54, 1.807) is 0 Å². The van der Waals surface area contributed by atoms with Gasteiger partial charge in [-0.05, 0) is 66.7 Å². The van der Waals surface area contributed by atoms with Crippen molar-refractivity contribution in [2.75, 3.05) is 9.80 Å². The first kappa shape index (κ1) is 29.6. The molecule has 7 nitrogen and oxygen atoms in total. The minimum absolute atomic E-state index is 0.556. The van der Waals surface area contributed by atoms with Crippen LogP contribution in [0.15, 0.2) is 176 Å². The fraction of sp³-hybridized carbons (Fsp3) is 0. The molecule has 0 saturated heterocycles. The molecule has 2 aliphatic heterocycles. The predicted molar refractivity (Wildman–Crippen MR) is 206 cm³/mol. The van der Waals surface area contributed by atoms with Crippen LogP contribution in [0.4, 0.5) is 34.1 Å². The van der Waals surface area contributed by atoms with E-state index in [0.29, 0.717) is 17.5 Å². The summed E-state index contributed by atoms with van der Waals surface area (Å²) in [5.74, 6) is 4.84. The molecule has 1 aromatic heterocycles. The van der Waals surface area contributed by atoms with Crippen molar-refractivity contribution in [2.24, 2.45) is 0 Å². The topological polar surface area (TPSA) is 63.6 Å². The summed E-state index contributed by atoms with van der Waals surface area (Å²) in [4.78, 5) is 19.7. The van der Waals surface area contributed by atoms with Gasteiger partial charge >= 0.3 is 0 Å². The van der Waals surface area contributed by atoms with Gasteiger partial charge in [-0.3, -0.25) is 0 Å². The second-order valence-electron chi connectivity index (χ2n) is 12.5. The minimum atomic E-state index is 0.556. The molecule has 2 aliphatic rings. The maximum absolute atomic E-state index is 6.41. The molecule has 0 amide bonds. The van der Waals surface area contributed by atoms with Crippen LogP contribution in [0.5, 0.6) is 23.0 Å². The Morgan fingerprint density at radius 3 is 0.981 bits per heavy atom. The summed E-state index contributed by atoms with van der Waals surface area (Å²) in [6, 6.07) is 59.1. The van der Waals surface area contributed by atoms with Gasteiger partial charge in [-0.15, -0.1) is 0 Å². The van der Waals surface area contributed by atoms with Gasteiger partial charge in [0.15, 0.2) is 40.5 Å². The average molecular weight is 672 g/mol. The molecule has 0 N–H and O–H groups in total. The molecule has 7 aromatic carbocycles. The van der Waals surface area contributed by atoms with E-state index >= 15 is 0 Å². The van der Waals surface area contributed by atoms with Crippen LogP contribution >= 0.6 is 0 Å². The van der Waals surface area contributed by atoms with Gasteiger partial charge in [0.1, 0.15) is 0 Å². The fourth-order valence-electron chi connectivity index (χ4n) is 6.89. The summed E-state index contributed by atoms with van der Waals surface area (Å²) >= 11 is 0. The first-order valence-corrected chi connectivity index (χ1v) is 17.1. The highest BCUT2D eigenvalue weighted by Crippen LogP contribution is 2.54. The minimum Gasteiger partial charge on any atom is -0.453 e. The number of fused-ring (bicyclic) bond motifs is 4. The standard InChI is InChI=1S/C45H29N5O2/c1-3-15-30(16-4-1)43-46-44(31-17-5-2-6-18-31)48-45(47-43)32-27-33(49-35-19-7-11-23-39(35)51-40-24-12-8-20-36(40)49)29-34(28-32)50-37-21-9-13-25-41(37)52-42-26-14-10-22-38(42)50/h1-29H. The molecule has 3 heterocycles. The first-order valence-electron chi connectivity index (χ1n) is 17.1. The van der Waals surface area contributed by atoms with Crippen molar-refractivity contribution in [1.29, 1.82) is 0 Å². The third-order valence-electron chi connectivity index (χ3n) is 9.24. The Kier molecular flexibility index (Phi) is 6.99.